The van der Waals surface area contributed by atoms with Gasteiger partial charge in [0.2, 0.25) is 0 Å². The number of nitrogens with zero attached hydrogens (tertiary/aromatic N) is 2. The highest BCUT2D eigenvalue weighted by atomic mass is 35.5. The van der Waals surface area contributed by atoms with Crippen LogP contribution in [0, 0.1) is 0 Å². The number of hydrogen-bond donors (Lipinski definition) is 1. The van der Waals surface area contributed by atoms with Crippen molar-refractivity contribution in [2.75, 3.05) is 20.1 Å². The Morgan fingerprint density at radius 3 is 3.05 bits per heavy atom. The van der Waals surface area contributed by atoms with Gasteiger partial charge >= 0.3 is 6.03 Å². The average molecular weight is 328 g/mol. The highest BCUT2D eigenvalue weighted by Gasteiger charge is 2.36. The van der Waals surface area contributed by atoms with E-state index in [2.05, 4.69) is 10.2 Å². The predicted octanol–water partition coefficient (Wildman–Crippen LogP) is 3.17. The van der Waals surface area contributed by atoms with E-state index in [1.54, 1.807) is 4.90 Å². The maximum atomic E-state index is 12.4. The number of piperidine rings is 1. The molecule has 2 atom stereocenters. The monoisotopic (exact) mass is 327 g/mol. The van der Waals surface area contributed by atoms with Gasteiger partial charge in [-0.1, -0.05) is 18.0 Å². The molecule has 3 heterocycles. The first-order valence-electron chi connectivity index (χ1n) is 7.63. The van der Waals surface area contributed by atoms with Crippen molar-refractivity contribution in [3.8, 4) is 0 Å². The van der Waals surface area contributed by atoms with Gasteiger partial charge in [-0.15, -0.1) is 11.3 Å². The first kappa shape index (κ1) is 15.1. The Morgan fingerprint density at radius 1 is 1.43 bits per heavy atom. The molecule has 0 spiro atoms. The van der Waals surface area contributed by atoms with Crippen LogP contribution >= 0.6 is 22.9 Å². The highest BCUT2D eigenvalue weighted by Crippen LogP contribution is 2.27. The van der Waals surface area contributed by atoms with Crippen LogP contribution in [0.5, 0.6) is 0 Å². The van der Waals surface area contributed by atoms with Crippen LogP contribution < -0.4 is 5.32 Å². The van der Waals surface area contributed by atoms with E-state index in [9.17, 15) is 4.79 Å². The molecule has 2 aliphatic rings. The van der Waals surface area contributed by atoms with Gasteiger partial charge in [0.25, 0.3) is 0 Å². The van der Waals surface area contributed by atoms with E-state index in [0.29, 0.717) is 18.6 Å². The molecule has 0 bridgehead atoms. The van der Waals surface area contributed by atoms with Crippen molar-refractivity contribution in [3.05, 3.63) is 21.3 Å². The predicted molar refractivity (Wildman–Crippen MR) is 86.9 cm³/mol. The molecule has 0 aliphatic carbocycles. The maximum Gasteiger partial charge on any atom is 0.317 e. The van der Waals surface area contributed by atoms with Crippen molar-refractivity contribution in [1.82, 2.24) is 15.1 Å². The number of halogens is 1. The van der Waals surface area contributed by atoms with Crippen LogP contribution in [0.15, 0.2) is 12.1 Å². The van der Waals surface area contributed by atoms with E-state index in [4.69, 9.17) is 11.6 Å². The minimum absolute atomic E-state index is 0.0249. The summed E-state index contributed by atoms with van der Waals surface area (Å²) in [5.41, 5.74) is 0. The molecule has 0 radical (unpaired) electrons. The third-order valence-electron chi connectivity index (χ3n) is 4.53. The first-order valence-corrected chi connectivity index (χ1v) is 8.83. The topological polar surface area (TPSA) is 35.6 Å². The van der Waals surface area contributed by atoms with E-state index in [1.165, 1.54) is 37.1 Å². The lowest BCUT2D eigenvalue weighted by molar-refractivity contribution is 0.170. The number of urea groups is 1. The van der Waals surface area contributed by atoms with Crippen molar-refractivity contribution < 1.29 is 4.79 Å². The number of amides is 2. The summed E-state index contributed by atoms with van der Waals surface area (Å²) in [7, 11) is 1.84. The molecule has 0 aromatic carbocycles. The molecule has 2 aliphatic heterocycles. The minimum atomic E-state index is 0.0249. The van der Waals surface area contributed by atoms with Crippen LogP contribution in [0.25, 0.3) is 0 Å². The van der Waals surface area contributed by atoms with Crippen molar-refractivity contribution in [1.29, 1.82) is 0 Å². The van der Waals surface area contributed by atoms with Crippen molar-refractivity contribution in [2.45, 2.75) is 44.3 Å². The number of thiophene rings is 1. The third kappa shape index (κ3) is 3.52. The minimum Gasteiger partial charge on any atom is -0.334 e. The number of rotatable bonds is 3. The lowest BCUT2D eigenvalue weighted by atomic mass is 9.99. The lowest BCUT2D eigenvalue weighted by Gasteiger charge is -2.33. The summed E-state index contributed by atoms with van der Waals surface area (Å²) in [6, 6.07) is 4.75. The molecule has 21 heavy (non-hydrogen) atoms. The van der Waals surface area contributed by atoms with Gasteiger partial charge in [0.05, 0.1) is 10.9 Å². The molecule has 1 aromatic heterocycles. The molecule has 3 rings (SSSR count). The number of fused-ring (bicyclic) bond motifs is 1. The average Bonchev–Trinajstić information content (AvgIpc) is 3.06. The fourth-order valence-corrected chi connectivity index (χ4v) is 4.57. The molecule has 0 saturated carbocycles. The van der Waals surface area contributed by atoms with Crippen LogP contribution in [0.4, 0.5) is 4.79 Å². The third-order valence-corrected chi connectivity index (χ3v) is 5.75. The summed E-state index contributed by atoms with van der Waals surface area (Å²) >= 11 is 7.46. The lowest BCUT2D eigenvalue weighted by Crippen LogP contribution is -2.49. The molecule has 1 aromatic rings. The van der Waals surface area contributed by atoms with Crippen LogP contribution in [0.1, 0.15) is 30.6 Å². The van der Waals surface area contributed by atoms with Crippen molar-refractivity contribution in [2.24, 2.45) is 0 Å². The number of carbonyl (C=O) groups excluding carboxylic acids is 1. The summed E-state index contributed by atoms with van der Waals surface area (Å²) < 4.78 is 0.771. The SMILES string of the molecule is CN(Cc1ccc(Cl)s1)C(=O)N[C@@H]1CCN2CCCC[C@@H]12. The number of carbonyl (C=O) groups is 1. The van der Waals surface area contributed by atoms with Gasteiger partial charge < -0.3 is 10.2 Å². The molecular formula is C15H22ClN3OS. The smallest absolute Gasteiger partial charge is 0.317 e. The second-order valence-corrected chi connectivity index (χ2v) is 7.81. The molecule has 6 heteroatoms. The Kier molecular flexibility index (Phi) is 4.72. The van der Waals surface area contributed by atoms with Crippen LogP contribution in [-0.4, -0.2) is 48.1 Å². The zero-order valence-corrected chi connectivity index (χ0v) is 13.9. The largest absolute Gasteiger partial charge is 0.334 e. The van der Waals surface area contributed by atoms with E-state index in [0.717, 1.165) is 22.2 Å². The van der Waals surface area contributed by atoms with Gasteiger partial charge in [-0.3, -0.25) is 4.90 Å². The van der Waals surface area contributed by atoms with Gasteiger partial charge in [-0.05, 0) is 37.9 Å². The summed E-state index contributed by atoms with van der Waals surface area (Å²) in [5, 5.41) is 3.22. The Bertz CT molecular complexity index is 507. The molecular weight excluding hydrogens is 306 g/mol. The molecule has 116 valence electrons. The molecule has 2 fully saturated rings. The van der Waals surface area contributed by atoms with Gasteiger partial charge in [0.15, 0.2) is 0 Å². The second-order valence-electron chi connectivity index (χ2n) is 6.01. The molecule has 2 saturated heterocycles. The van der Waals surface area contributed by atoms with Gasteiger partial charge in [-0.2, -0.15) is 0 Å². The standard InChI is InChI=1S/C15H22ClN3OS/c1-18(10-11-5-6-14(16)21-11)15(20)17-12-7-9-19-8-3-2-4-13(12)19/h5-6,12-13H,2-4,7-10H2,1H3,(H,17,20)/t12-,13+/m1/s1. The van der Waals surface area contributed by atoms with Crippen LogP contribution in [0.3, 0.4) is 0 Å². The highest BCUT2D eigenvalue weighted by molar-refractivity contribution is 7.16. The summed E-state index contributed by atoms with van der Waals surface area (Å²) in [6.07, 6.45) is 4.89. The molecule has 0 unspecified atom stereocenters. The fraction of sp³-hybridized carbons (Fsp3) is 0.667. The summed E-state index contributed by atoms with van der Waals surface area (Å²) in [6.45, 7) is 2.94. The molecule has 2 amide bonds. The van der Waals surface area contributed by atoms with E-state index in [-0.39, 0.29) is 6.03 Å². The Morgan fingerprint density at radius 2 is 2.29 bits per heavy atom. The summed E-state index contributed by atoms with van der Waals surface area (Å²) in [4.78, 5) is 17.7. The van der Waals surface area contributed by atoms with Crippen molar-refractivity contribution >= 4 is 29.0 Å². The van der Waals surface area contributed by atoms with E-state index >= 15 is 0 Å². The van der Waals surface area contributed by atoms with Crippen molar-refractivity contribution in [3.63, 3.8) is 0 Å². The Balaban J connectivity index is 1.53. The van der Waals surface area contributed by atoms with Crippen LogP contribution in [0.2, 0.25) is 4.34 Å². The Labute approximate surface area is 135 Å². The Hall–Kier alpha value is -0.780. The number of nitrogens with one attached hydrogen (secondary N) is 1. The quantitative estimate of drug-likeness (QED) is 0.925. The molecule has 4 nitrogen and oxygen atoms in total. The fourth-order valence-electron chi connectivity index (χ4n) is 3.43. The zero-order valence-electron chi connectivity index (χ0n) is 12.3. The van der Waals surface area contributed by atoms with Crippen LogP contribution in [-0.2, 0) is 6.54 Å². The van der Waals surface area contributed by atoms with E-state index < -0.39 is 0 Å². The zero-order chi connectivity index (χ0) is 14.8. The molecule has 1 N–H and O–H groups in total. The second kappa shape index (κ2) is 6.55. The van der Waals surface area contributed by atoms with Gasteiger partial charge in [0, 0.05) is 30.6 Å². The number of hydrogen-bond acceptors (Lipinski definition) is 3. The normalized spacial score (nSPS) is 25.6. The van der Waals surface area contributed by atoms with Gasteiger partial charge in [0.1, 0.15) is 0 Å². The summed E-state index contributed by atoms with van der Waals surface area (Å²) in [5.74, 6) is 0. The maximum absolute atomic E-state index is 12.4. The first-order chi connectivity index (χ1) is 10.1. The van der Waals surface area contributed by atoms with E-state index in [1.807, 2.05) is 19.2 Å². The van der Waals surface area contributed by atoms with Gasteiger partial charge in [-0.25, -0.2) is 4.79 Å².